The van der Waals surface area contributed by atoms with Crippen molar-refractivity contribution < 1.29 is 9.47 Å². The number of hydrogen-bond acceptors (Lipinski definition) is 5. The van der Waals surface area contributed by atoms with Crippen molar-refractivity contribution in [1.29, 1.82) is 0 Å². The van der Waals surface area contributed by atoms with Gasteiger partial charge in [0.1, 0.15) is 0 Å². The van der Waals surface area contributed by atoms with Gasteiger partial charge in [0.2, 0.25) is 0 Å². The number of benzene rings is 1. The highest BCUT2D eigenvalue weighted by Gasteiger charge is 2.31. The molecule has 3 saturated heterocycles. The summed E-state index contributed by atoms with van der Waals surface area (Å²) in [4.78, 5) is 7.97. The summed E-state index contributed by atoms with van der Waals surface area (Å²) >= 11 is 0. The lowest BCUT2D eigenvalue weighted by molar-refractivity contribution is 0.0517. The maximum absolute atomic E-state index is 5.64. The molecular weight excluding hydrogens is 458 g/mol. The third-order valence-corrected chi connectivity index (χ3v) is 10.2. The number of anilines is 2. The molecule has 3 fully saturated rings. The Balaban J connectivity index is 1.33. The smallest absolute Gasteiger partial charge is 0.0605 e. The quantitative estimate of drug-likeness (QED) is 0.415. The van der Waals surface area contributed by atoms with Crippen LogP contribution in [0, 0.1) is 11.3 Å². The Kier molecular flexibility index (Phi) is 9.15. The van der Waals surface area contributed by atoms with Crippen LogP contribution in [0.4, 0.5) is 11.4 Å². The highest BCUT2D eigenvalue weighted by Crippen LogP contribution is 2.45. The van der Waals surface area contributed by atoms with E-state index in [-0.39, 0.29) is 0 Å². The van der Waals surface area contributed by atoms with Crippen molar-refractivity contribution in [2.24, 2.45) is 11.3 Å². The summed E-state index contributed by atoms with van der Waals surface area (Å²) in [5.41, 5.74) is 6.47. The Hall–Kier alpha value is -1.56. The summed E-state index contributed by atoms with van der Waals surface area (Å²) in [6.45, 7) is 14.7. The van der Waals surface area contributed by atoms with Crippen LogP contribution in [0.2, 0.25) is 0 Å². The van der Waals surface area contributed by atoms with Crippen LogP contribution in [-0.2, 0) is 9.47 Å². The van der Waals surface area contributed by atoms with E-state index in [0.29, 0.717) is 11.5 Å². The predicted molar refractivity (Wildman–Crippen MR) is 156 cm³/mol. The lowest BCUT2D eigenvalue weighted by atomic mass is 9.70. The molecule has 1 aromatic rings. The lowest BCUT2D eigenvalue weighted by Gasteiger charge is -2.40. The normalized spacial score (nSPS) is 24.4. The predicted octanol–water partition coefficient (Wildman–Crippen LogP) is 6.22. The minimum atomic E-state index is 0.421. The zero-order valence-electron chi connectivity index (χ0n) is 23.9. The van der Waals surface area contributed by atoms with E-state index in [1.807, 2.05) is 7.11 Å². The Bertz CT molecular complexity index is 889. The molecule has 3 aliphatic heterocycles. The first kappa shape index (κ1) is 27.0. The van der Waals surface area contributed by atoms with E-state index in [9.17, 15) is 0 Å². The second kappa shape index (κ2) is 12.5. The van der Waals surface area contributed by atoms with Crippen LogP contribution >= 0.6 is 0 Å². The molecule has 1 aliphatic carbocycles. The molecule has 0 saturated carbocycles. The van der Waals surface area contributed by atoms with Crippen LogP contribution in [-0.4, -0.2) is 77.1 Å². The molecule has 0 aromatic heterocycles. The number of piperazine rings is 1. The lowest BCUT2D eigenvalue weighted by Crippen LogP contribution is -2.48. The van der Waals surface area contributed by atoms with Crippen LogP contribution in [0.1, 0.15) is 77.2 Å². The summed E-state index contributed by atoms with van der Waals surface area (Å²) in [5.74, 6) is 0.821. The van der Waals surface area contributed by atoms with Gasteiger partial charge >= 0.3 is 0 Å². The fourth-order valence-corrected chi connectivity index (χ4v) is 7.15. The van der Waals surface area contributed by atoms with E-state index in [1.54, 1.807) is 5.57 Å². The van der Waals surface area contributed by atoms with Crippen molar-refractivity contribution in [3.05, 3.63) is 29.8 Å². The number of piperidine rings is 1. The van der Waals surface area contributed by atoms with Crippen LogP contribution in [0.3, 0.4) is 0 Å². The Labute approximate surface area is 226 Å². The summed E-state index contributed by atoms with van der Waals surface area (Å²) < 4.78 is 11.2. The third-order valence-electron chi connectivity index (χ3n) is 10.2. The van der Waals surface area contributed by atoms with Crippen molar-refractivity contribution in [2.45, 2.75) is 77.7 Å². The van der Waals surface area contributed by atoms with Gasteiger partial charge in [-0.2, -0.15) is 0 Å². The Morgan fingerprint density at radius 3 is 2.27 bits per heavy atom. The van der Waals surface area contributed by atoms with Crippen LogP contribution < -0.4 is 9.80 Å². The molecule has 5 nitrogen and oxygen atoms in total. The molecular formula is C32H51N3O2. The van der Waals surface area contributed by atoms with E-state index in [2.05, 4.69) is 52.8 Å². The molecule has 0 radical (unpaired) electrons. The number of hydrogen-bond donors (Lipinski definition) is 0. The number of allylic oxidation sites excluding steroid dienone is 2. The summed E-state index contributed by atoms with van der Waals surface area (Å²) in [6, 6.07) is 7.38. The zero-order valence-corrected chi connectivity index (χ0v) is 23.9. The monoisotopic (exact) mass is 509 g/mol. The van der Waals surface area contributed by atoms with Crippen molar-refractivity contribution in [3.8, 4) is 0 Å². The van der Waals surface area contributed by atoms with Gasteiger partial charge in [0.15, 0.2) is 0 Å². The number of methoxy groups -OCH3 is 1. The van der Waals surface area contributed by atoms with Gasteiger partial charge in [0.25, 0.3) is 0 Å². The fourth-order valence-electron chi connectivity index (χ4n) is 7.15. The molecule has 0 atom stereocenters. The first-order valence-corrected chi connectivity index (χ1v) is 15.3. The van der Waals surface area contributed by atoms with E-state index in [4.69, 9.17) is 9.47 Å². The van der Waals surface area contributed by atoms with Gasteiger partial charge in [-0.15, -0.1) is 0 Å². The minimum absolute atomic E-state index is 0.421. The van der Waals surface area contributed by atoms with E-state index in [1.165, 1.54) is 81.5 Å². The molecule has 4 aliphatic rings. The SMILES string of the molecule is CCC1(CC)CC=C(c2cc(N3CCC(OC)CC3)ccc2N2CCN(CC3CCOCC3)CC2)CC1. The van der Waals surface area contributed by atoms with Gasteiger partial charge in [-0.1, -0.05) is 32.8 Å². The average molecular weight is 510 g/mol. The van der Waals surface area contributed by atoms with Gasteiger partial charge in [0.05, 0.1) is 6.10 Å². The van der Waals surface area contributed by atoms with Crippen LogP contribution in [0.25, 0.3) is 5.57 Å². The fraction of sp³-hybridized carbons (Fsp3) is 0.750. The maximum Gasteiger partial charge on any atom is 0.0605 e. The van der Waals surface area contributed by atoms with E-state index >= 15 is 0 Å². The highest BCUT2D eigenvalue weighted by atomic mass is 16.5. The highest BCUT2D eigenvalue weighted by molar-refractivity contribution is 5.80. The number of nitrogens with zero attached hydrogens (tertiary/aromatic N) is 3. The molecule has 0 spiro atoms. The van der Waals surface area contributed by atoms with Gasteiger partial charge in [-0.3, -0.25) is 4.90 Å². The first-order valence-electron chi connectivity index (χ1n) is 15.3. The van der Waals surface area contributed by atoms with E-state index in [0.717, 1.165) is 58.2 Å². The molecule has 0 N–H and O–H groups in total. The summed E-state index contributed by atoms with van der Waals surface area (Å²) in [6.07, 6.45) is 14.1. The molecule has 0 bridgehead atoms. The largest absolute Gasteiger partial charge is 0.381 e. The van der Waals surface area contributed by atoms with Gasteiger partial charge in [0, 0.05) is 83.1 Å². The zero-order chi connectivity index (χ0) is 25.7. The molecule has 0 unspecified atom stereocenters. The molecule has 206 valence electrons. The van der Waals surface area contributed by atoms with Crippen molar-refractivity contribution >= 4 is 16.9 Å². The minimum Gasteiger partial charge on any atom is -0.381 e. The summed E-state index contributed by atoms with van der Waals surface area (Å²) in [5, 5.41) is 0. The van der Waals surface area contributed by atoms with Crippen molar-refractivity contribution in [1.82, 2.24) is 4.90 Å². The first-order chi connectivity index (χ1) is 18.1. The van der Waals surface area contributed by atoms with Gasteiger partial charge in [-0.25, -0.2) is 0 Å². The molecule has 1 aromatic carbocycles. The molecule has 5 heteroatoms. The molecule has 37 heavy (non-hydrogen) atoms. The van der Waals surface area contributed by atoms with Crippen LogP contribution in [0.15, 0.2) is 24.3 Å². The maximum atomic E-state index is 5.64. The van der Waals surface area contributed by atoms with Crippen molar-refractivity contribution in [3.63, 3.8) is 0 Å². The summed E-state index contributed by atoms with van der Waals surface area (Å²) in [7, 11) is 1.86. The Morgan fingerprint density at radius 2 is 1.65 bits per heavy atom. The second-order valence-corrected chi connectivity index (χ2v) is 12.1. The molecule has 5 rings (SSSR count). The molecule has 0 amide bonds. The van der Waals surface area contributed by atoms with Crippen molar-refractivity contribution in [2.75, 3.05) is 75.9 Å². The molecule has 3 heterocycles. The number of rotatable bonds is 8. The standard InChI is InChI=1S/C32H51N3O2/c1-4-32(5-2)14-8-27(9-15-32)30-24-28(34-16-10-29(36-3)11-17-34)6-7-31(30)35-20-18-33(19-21-35)25-26-12-22-37-23-13-26/h6-8,24,26,29H,4-5,9-23,25H2,1-3H3. The number of ether oxygens (including phenoxy) is 2. The third kappa shape index (κ3) is 6.37. The Morgan fingerprint density at radius 1 is 0.919 bits per heavy atom. The van der Waals surface area contributed by atoms with E-state index < -0.39 is 0 Å². The van der Waals surface area contributed by atoms with Gasteiger partial charge in [-0.05, 0) is 80.1 Å². The van der Waals surface area contributed by atoms with Crippen LogP contribution in [0.5, 0.6) is 0 Å². The second-order valence-electron chi connectivity index (χ2n) is 12.1. The van der Waals surface area contributed by atoms with Gasteiger partial charge < -0.3 is 19.3 Å². The topological polar surface area (TPSA) is 28.2 Å². The average Bonchev–Trinajstić information content (AvgIpc) is 2.98.